The number of nitrogens with two attached hydrogens (primary N) is 1. The van der Waals surface area contributed by atoms with Gasteiger partial charge in [-0.05, 0) is 18.2 Å². The summed E-state index contributed by atoms with van der Waals surface area (Å²) in [5.41, 5.74) is 7.55. The van der Waals surface area contributed by atoms with Gasteiger partial charge in [0, 0.05) is 18.0 Å². The number of hydrogen-bond donors (Lipinski definition) is 1. The zero-order valence-corrected chi connectivity index (χ0v) is 9.11. The summed E-state index contributed by atoms with van der Waals surface area (Å²) < 4.78 is 1.13. The van der Waals surface area contributed by atoms with Crippen molar-refractivity contribution in [3.63, 3.8) is 0 Å². The van der Waals surface area contributed by atoms with Crippen LogP contribution in [0.1, 0.15) is 0 Å². The molecule has 0 radical (unpaired) electrons. The van der Waals surface area contributed by atoms with Gasteiger partial charge >= 0.3 is 0 Å². The number of rotatable bonds is 1. The fourth-order valence-electron chi connectivity index (χ4n) is 1.48. The minimum absolute atomic E-state index is 0.509. The Morgan fingerprint density at radius 1 is 1.19 bits per heavy atom. The van der Waals surface area contributed by atoms with Crippen molar-refractivity contribution in [3.05, 3.63) is 36.8 Å². The third-order valence-corrected chi connectivity index (χ3v) is 3.30. The van der Waals surface area contributed by atoms with Gasteiger partial charge in [-0.1, -0.05) is 0 Å². The van der Waals surface area contributed by atoms with Crippen LogP contribution in [0.2, 0.25) is 0 Å². The van der Waals surface area contributed by atoms with E-state index in [0.29, 0.717) is 5.82 Å². The minimum Gasteiger partial charge on any atom is -0.384 e. The van der Waals surface area contributed by atoms with Crippen LogP contribution in [0.15, 0.2) is 36.8 Å². The molecule has 0 amide bonds. The second kappa shape index (κ2) is 3.53. The number of fused-ring (bicyclic) bond motifs is 1. The van der Waals surface area contributed by atoms with Crippen LogP contribution in [0, 0.1) is 0 Å². The molecule has 3 rings (SSSR count). The number of nitrogen functional groups attached to an aromatic ring is 1. The summed E-state index contributed by atoms with van der Waals surface area (Å²) >= 11 is 1.62. The molecule has 3 aromatic heterocycles. The first kappa shape index (κ1) is 9.23. The van der Waals surface area contributed by atoms with E-state index in [9.17, 15) is 0 Å². The summed E-state index contributed by atoms with van der Waals surface area (Å²) in [5.74, 6) is 0.509. The lowest BCUT2D eigenvalue weighted by atomic mass is 10.3. The molecule has 0 unspecified atom stereocenters. The maximum atomic E-state index is 5.64. The number of aromatic nitrogens is 3. The van der Waals surface area contributed by atoms with E-state index in [0.717, 1.165) is 20.8 Å². The fraction of sp³-hybridized carbons (Fsp3) is 0. The predicted octanol–water partition coefficient (Wildman–Crippen LogP) is 2.34. The number of thiazole rings is 1. The molecule has 4 nitrogen and oxygen atoms in total. The van der Waals surface area contributed by atoms with Crippen LogP contribution in [0.3, 0.4) is 0 Å². The number of hydrogen-bond acceptors (Lipinski definition) is 5. The Hall–Kier alpha value is -2.01. The lowest BCUT2D eigenvalue weighted by Gasteiger charge is -1.95. The van der Waals surface area contributed by atoms with Crippen LogP contribution in [0.5, 0.6) is 0 Å². The highest BCUT2D eigenvalue weighted by molar-refractivity contribution is 7.21. The van der Waals surface area contributed by atoms with Crippen LogP contribution >= 0.6 is 11.3 Å². The highest BCUT2D eigenvalue weighted by Gasteiger charge is 2.06. The van der Waals surface area contributed by atoms with E-state index in [1.165, 1.54) is 0 Å². The minimum atomic E-state index is 0.509. The summed E-state index contributed by atoms with van der Waals surface area (Å²) in [7, 11) is 0. The molecule has 3 heterocycles. The molecule has 0 fully saturated rings. The lowest BCUT2D eigenvalue weighted by Crippen LogP contribution is -1.88. The quantitative estimate of drug-likeness (QED) is 0.694. The maximum Gasteiger partial charge on any atom is 0.124 e. The number of anilines is 1. The van der Waals surface area contributed by atoms with E-state index in [-0.39, 0.29) is 0 Å². The zero-order valence-electron chi connectivity index (χ0n) is 8.29. The average Bonchev–Trinajstić information content (AvgIpc) is 2.72. The zero-order chi connectivity index (χ0) is 11.0. The van der Waals surface area contributed by atoms with Gasteiger partial charge in [0.05, 0.1) is 10.9 Å². The van der Waals surface area contributed by atoms with Crippen molar-refractivity contribution >= 4 is 27.4 Å². The van der Waals surface area contributed by atoms with Gasteiger partial charge in [0.2, 0.25) is 0 Å². The van der Waals surface area contributed by atoms with Crippen molar-refractivity contribution in [3.8, 4) is 10.6 Å². The molecule has 16 heavy (non-hydrogen) atoms. The molecule has 0 aromatic carbocycles. The van der Waals surface area contributed by atoms with Crippen LogP contribution in [0.4, 0.5) is 5.82 Å². The van der Waals surface area contributed by atoms with Gasteiger partial charge in [0.25, 0.3) is 0 Å². The van der Waals surface area contributed by atoms with Crippen LogP contribution in [-0.2, 0) is 0 Å². The highest BCUT2D eigenvalue weighted by Crippen LogP contribution is 2.29. The second-order valence-electron chi connectivity index (χ2n) is 3.33. The predicted molar refractivity (Wildman–Crippen MR) is 65.1 cm³/mol. The standard InChI is InChI=1S/C11H8N4S/c12-10-5-7(1-4-14-10)11-15-8-6-13-3-2-9(8)16-11/h1-6H,(H2,12,14). The molecule has 78 valence electrons. The molecular formula is C11H8N4S. The van der Waals surface area contributed by atoms with Crippen molar-refractivity contribution in [2.45, 2.75) is 0 Å². The SMILES string of the molecule is Nc1cc(-c2nc3cnccc3s2)ccn1. The smallest absolute Gasteiger partial charge is 0.124 e. The first-order chi connectivity index (χ1) is 7.83. The van der Waals surface area contributed by atoms with Crippen molar-refractivity contribution in [1.82, 2.24) is 15.0 Å². The molecule has 5 heteroatoms. The topological polar surface area (TPSA) is 64.7 Å². The van der Waals surface area contributed by atoms with Crippen LogP contribution < -0.4 is 5.73 Å². The van der Waals surface area contributed by atoms with Crippen molar-refractivity contribution in [1.29, 1.82) is 0 Å². The summed E-state index contributed by atoms with van der Waals surface area (Å²) in [6.07, 6.45) is 5.22. The summed E-state index contributed by atoms with van der Waals surface area (Å²) in [6.45, 7) is 0. The monoisotopic (exact) mass is 228 g/mol. The number of pyridine rings is 2. The van der Waals surface area contributed by atoms with E-state index < -0.39 is 0 Å². The molecule has 0 aliphatic carbocycles. The van der Waals surface area contributed by atoms with Crippen LogP contribution in [0.25, 0.3) is 20.8 Å². The molecule has 0 atom stereocenters. The molecule has 0 bridgehead atoms. The lowest BCUT2D eigenvalue weighted by molar-refractivity contribution is 1.32. The number of nitrogens with zero attached hydrogens (tertiary/aromatic N) is 3. The third-order valence-electron chi connectivity index (χ3n) is 2.22. The highest BCUT2D eigenvalue weighted by atomic mass is 32.1. The van der Waals surface area contributed by atoms with Gasteiger partial charge in [-0.3, -0.25) is 4.98 Å². The molecule has 0 spiro atoms. The second-order valence-corrected chi connectivity index (χ2v) is 4.36. The molecular weight excluding hydrogens is 220 g/mol. The summed E-state index contributed by atoms with van der Waals surface area (Å²) in [5, 5.41) is 0.942. The van der Waals surface area contributed by atoms with E-state index in [4.69, 9.17) is 5.73 Å². The van der Waals surface area contributed by atoms with Crippen LogP contribution in [-0.4, -0.2) is 15.0 Å². The molecule has 0 saturated carbocycles. The molecule has 0 aliphatic heterocycles. The van der Waals surface area contributed by atoms with Gasteiger partial charge in [-0.25, -0.2) is 9.97 Å². The Kier molecular flexibility index (Phi) is 2.04. The van der Waals surface area contributed by atoms with E-state index >= 15 is 0 Å². The van der Waals surface area contributed by atoms with Crippen molar-refractivity contribution in [2.75, 3.05) is 5.73 Å². The Bertz CT molecular complexity index is 614. The van der Waals surface area contributed by atoms with Gasteiger partial charge in [0.15, 0.2) is 0 Å². The Labute approximate surface area is 95.8 Å². The van der Waals surface area contributed by atoms with Crippen molar-refractivity contribution in [2.24, 2.45) is 0 Å². The van der Waals surface area contributed by atoms with E-state index in [1.54, 1.807) is 29.9 Å². The fourth-order valence-corrected chi connectivity index (χ4v) is 2.41. The van der Waals surface area contributed by atoms with Gasteiger partial charge in [-0.2, -0.15) is 0 Å². The third kappa shape index (κ3) is 1.51. The molecule has 0 saturated heterocycles. The Morgan fingerprint density at radius 3 is 2.94 bits per heavy atom. The molecule has 2 N–H and O–H groups in total. The first-order valence-electron chi connectivity index (χ1n) is 4.75. The van der Waals surface area contributed by atoms with Gasteiger partial charge in [-0.15, -0.1) is 11.3 Å². The normalized spacial score (nSPS) is 10.8. The van der Waals surface area contributed by atoms with E-state index in [2.05, 4.69) is 15.0 Å². The average molecular weight is 228 g/mol. The molecule has 0 aliphatic rings. The molecule has 3 aromatic rings. The van der Waals surface area contributed by atoms with Gasteiger partial charge < -0.3 is 5.73 Å². The summed E-state index contributed by atoms with van der Waals surface area (Å²) in [4.78, 5) is 12.5. The van der Waals surface area contributed by atoms with Crippen molar-refractivity contribution < 1.29 is 0 Å². The van der Waals surface area contributed by atoms with Gasteiger partial charge in [0.1, 0.15) is 16.3 Å². The summed E-state index contributed by atoms with van der Waals surface area (Å²) in [6, 6.07) is 5.69. The first-order valence-corrected chi connectivity index (χ1v) is 5.57. The van der Waals surface area contributed by atoms with E-state index in [1.807, 2.05) is 18.2 Å². The maximum absolute atomic E-state index is 5.64. The Balaban J connectivity index is 2.19. The Morgan fingerprint density at radius 2 is 2.12 bits per heavy atom. The largest absolute Gasteiger partial charge is 0.384 e.